The van der Waals surface area contributed by atoms with Crippen LogP contribution in [0.2, 0.25) is 0 Å². The average molecular weight is 373 g/mol. The highest BCUT2D eigenvalue weighted by molar-refractivity contribution is 6.02. The summed E-state index contributed by atoms with van der Waals surface area (Å²) >= 11 is 0. The van der Waals surface area contributed by atoms with Crippen LogP contribution in [0.5, 0.6) is 0 Å². The summed E-state index contributed by atoms with van der Waals surface area (Å²) in [5.74, 6) is 0.927. The lowest BCUT2D eigenvalue weighted by Crippen LogP contribution is -2.19. The lowest BCUT2D eigenvalue weighted by atomic mass is 10.1. The predicted molar refractivity (Wildman–Crippen MR) is 108 cm³/mol. The van der Waals surface area contributed by atoms with E-state index in [2.05, 4.69) is 10.5 Å². The van der Waals surface area contributed by atoms with Gasteiger partial charge in [-0.2, -0.15) is 0 Å². The second kappa shape index (κ2) is 7.15. The first-order valence-corrected chi connectivity index (χ1v) is 8.95. The molecule has 0 bridgehead atoms. The van der Waals surface area contributed by atoms with Gasteiger partial charge in [-0.15, -0.1) is 0 Å². The third-order valence-corrected chi connectivity index (χ3v) is 4.69. The van der Waals surface area contributed by atoms with Crippen molar-refractivity contribution < 1.29 is 9.32 Å². The fourth-order valence-corrected chi connectivity index (χ4v) is 3.21. The fourth-order valence-electron chi connectivity index (χ4n) is 3.21. The SMILES string of the molecule is Cc1cc(-n2ccc3c(NC(=O)Cc4ccccc4C)cccc3c2=O)no1. The van der Waals surface area contributed by atoms with Gasteiger partial charge in [0.2, 0.25) is 5.91 Å². The Bertz CT molecular complexity index is 1240. The highest BCUT2D eigenvalue weighted by Gasteiger charge is 2.12. The van der Waals surface area contributed by atoms with Crippen LogP contribution in [0, 0.1) is 13.8 Å². The molecule has 4 rings (SSSR count). The molecule has 0 aliphatic carbocycles. The van der Waals surface area contributed by atoms with Gasteiger partial charge in [-0.1, -0.05) is 35.5 Å². The maximum absolute atomic E-state index is 12.9. The molecule has 0 saturated carbocycles. The maximum Gasteiger partial charge on any atom is 0.264 e. The van der Waals surface area contributed by atoms with Crippen LogP contribution in [0.1, 0.15) is 16.9 Å². The number of benzene rings is 2. The number of amides is 1. The molecule has 2 heterocycles. The number of anilines is 1. The van der Waals surface area contributed by atoms with Gasteiger partial charge in [0.15, 0.2) is 5.82 Å². The van der Waals surface area contributed by atoms with Gasteiger partial charge >= 0.3 is 0 Å². The number of fused-ring (bicyclic) bond motifs is 1. The largest absolute Gasteiger partial charge is 0.360 e. The Balaban J connectivity index is 1.67. The van der Waals surface area contributed by atoms with Gasteiger partial charge in [0, 0.05) is 28.7 Å². The topological polar surface area (TPSA) is 77.1 Å². The molecule has 0 spiro atoms. The number of hydrogen-bond donors (Lipinski definition) is 1. The highest BCUT2D eigenvalue weighted by atomic mass is 16.5. The van der Waals surface area contributed by atoms with E-state index in [1.807, 2.05) is 31.2 Å². The van der Waals surface area contributed by atoms with E-state index in [1.165, 1.54) is 4.57 Å². The number of carbonyl (C=O) groups is 1. The van der Waals surface area contributed by atoms with Crippen molar-refractivity contribution in [1.82, 2.24) is 9.72 Å². The van der Waals surface area contributed by atoms with Crippen LogP contribution >= 0.6 is 0 Å². The molecule has 28 heavy (non-hydrogen) atoms. The Hall–Kier alpha value is -3.67. The molecule has 0 fully saturated rings. The van der Waals surface area contributed by atoms with E-state index < -0.39 is 0 Å². The van der Waals surface area contributed by atoms with E-state index in [1.54, 1.807) is 43.5 Å². The number of nitrogens with zero attached hydrogens (tertiary/aromatic N) is 2. The smallest absolute Gasteiger partial charge is 0.264 e. The third-order valence-electron chi connectivity index (χ3n) is 4.69. The lowest BCUT2D eigenvalue weighted by Gasteiger charge is -2.11. The van der Waals surface area contributed by atoms with Gasteiger partial charge in [-0.25, -0.2) is 0 Å². The highest BCUT2D eigenvalue weighted by Crippen LogP contribution is 2.22. The van der Waals surface area contributed by atoms with Gasteiger partial charge in [0.25, 0.3) is 5.56 Å². The minimum Gasteiger partial charge on any atom is -0.360 e. The van der Waals surface area contributed by atoms with Gasteiger partial charge in [-0.05, 0) is 43.2 Å². The van der Waals surface area contributed by atoms with Crippen molar-refractivity contribution in [2.24, 2.45) is 0 Å². The number of rotatable bonds is 4. The zero-order chi connectivity index (χ0) is 19.7. The van der Waals surface area contributed by atoms with Crippen LogP contribution in [-0.4, -0.2) is 15.6 Å². The standard InChI is InChI=1S/C22H19N3O3/c1-14-6-3-4-7-16(14)13-21(26)23-19-9-5-8-18-17(19)10-11-25(22(18)27)20-12-15(2)28-24-20/h3-12H,13H2,1-2H3,(H,23,26). The van der Waals surface area contributed by atoms with Crippen molar-refractivity contribution in [1.29, 1.82) is 0 Å². The van der Waals surface area contributed by atoms with Gasteiger partial charge < -0.3 is 9.84 Å². The monoisotopic (exact) mass is 373 g/mol. The van der Waals surface area contributed by atoms with Crippen LogP contribution < -0.4 is 10.9 Å². The van der Waals surface area contributed by atoms with E-state index in [0.717, 1.165) is 11.1 Å². The van der Waals surface area contributed by atoms with Crippen LogP contribution in [0.15, 0.2) is 70.1 Å². The number of aromatic nitrogens is 2. The van der Waals surface area contributed by atoms with Crippen molar-refractivity contribution in [3.63, 3.8) is 0 Å². The Kier molecular flexibility index (Phi) is 4.53. The predicted octanol–water partition coefficient (Wildman–Crippen LogP) is 3.78. The van der Waals surface area contributed by atoms with Crippen molar-refractivity contribution in [2.75, 3.05) is 5.32 Å². The Labute approximate surface area is 161 Å². The molecule has 0 aliphatic heterocycles. The zero-order valence-electron chi connectivity index (χ0n) is 15.6. The summed E-state index contributed by atoms with van der Waals surface area (Å²) in [6, 6.07) is 16.6. The lowest BCUT2D eigenvalue weighted by molar-refractivity contribution is -0.115. The molecule has 2 aromatic carbocycles. The Morgan fingerprint density at radius 3 is 2.64 bits per heavy atom. The molecule has 0 atom stereocenters. The first kappa shape index (κ1) is 17.7. The first-order chi connectivity index (χ1) is 13.5. The first-order valence-electron chi connectivity index (χ1n) is 8.95. The van der Waals surface area contributed by atoms with Gasteiger partial charge in [-0.3, -0.25) is 14.2 Å². The van der Waals surface area contributed by atoms with Crippen molar-refractivity contribution in [3.8, 4) is 5.82 Å². The summed E-state index contributed by atoms with van der Waals surface area (Å²) in [6.07, 6.45) is 1.91. The van der Waals surface area contributed by atoms with Gasteiger partial charge in [0.1, 0.15) is 5.76 Å². The van der Waals surface area contributed by atoms with Crippen LogP contribution in [0.25, 0.3) is 16.6 Å². The summed E-state index contributed by atoms with van der Waals surface area (Å²) in [4.78, 5) is 25.4. The van der Waals surface area contributed by atoms with Crippen molar-refractivity contribution in [3.05, 3.63) is 88.0 Å². The maximum atomic E-state index is 12.9. The summed E-state index contributed by atoms with van der Waals surface area (Å²) in [5.41, 5.74) is 2.43. The third kappa shape index (κ3) is 3.32. The molecule has 4 aromatic rings. The van der Waals surface area contributed by atoms with E-state index >= 15 is 0 Å². The van der Waals surface area contributed by atoms with Crippen LogP contribution in [0.4, 0.5) is 5.69 Å². The minimum atomic E-state index is -0.221. The molecule has 6 heteroatoms. The number of nitrogens with one attached hydrogen (secondary N) is 1. The quantitative estimate of drug-likeness (QED) is 0.591. The molecule has 1 amide bonds. The minimum absolute atomic E-state index is 0.127. The number of carbonyl (C=O) groups excluding carboxylic acids is 1. The molecule has 1 N–H and O–H groups in total. The molecular formula is C22H19N3O3. The number of hydrogen-bond acceptors (Lipinski definition) is 4. The van der Waals surface area contributed by atoms with Crippen LogP contribution in [-0.2, 0) is 11.2 Å². The van der Waals surface area contributed by atoms with E-state index in [0.29, 0.717) is 28.0 Å². The molecule has 0 radical (unpaired) electrons. The van der Waals surface area contributed by atoms with Crippen molar-refractivity contribution in [2.45, 2.75) is 20.3 Å². The summed E-state index contributed by atoms with van der Waals surface area (Å²) in [6.45, 7) is 3.75. The average Bonchev–Trinajstić information content (AvgIpc) is 3.10. The Morgan fingerprint density at radius 2 is 1.89 bits per heavy atom. The molecular weight excluding hydrogens is 354 g/mol. The second-order valence-electron chi connectivity index (χ2n) is 6.70. The van der Waals surface area contributed by atoms with E-state index in [-0.39, 0.29) is 17.9 Å². The summed E-state index contributed by atoms with van der Waals surface area (Å²) in [5, 5.41) is 8.01. The van der Waals surface area contributed by atoms with Crippen LogP contribution in [0.3, 0.4) is 0 Å². The molecule has 2 aromatic heterocycles. The second-order valence-corrected chi connectivity index (χ2v) is 6.70. The zero-order valence-corrected chi connectivity index (χ0v) is 15.6. The van der Waals surface area contributed by atoms with E-state index in [9.17, 15) is 9.59 Å². The molecule has 0 saturated heterocycles. The molecule has 140 valence electrons. The van der Waals surface area contributed by atoms with Gasteiger partial charge in [0.05, 0.1) is 6.42 Å². The molecule has 6 nitrogen and oxygen atoms in total. The summed E-state index contributed by atoms with van der Waals surface area (Å²) < 4.78 is 6.49. The Morgan fingerprint density at radius 1 is 1.07 bits per heavy atom. The molecule has 0 unspecified atom stereocenters. The number of pyridine rings is 1. The normalized spacial score (nSPS) is 10.9. The van der Waals surface area contributed by atoms with E-state index in [4.69, 9.17) is 4.52 Å². The number of aryl methyl sites for hydroxylation is 2. The fraction of sp³-hybridized carbons (Fsp3) is 0.136. The summed E-state index contributed by atoms with van der Waals surface area (Å²) in [7, 11) is 0. The van der Waals surface area contributed by atoms with Crippen molar-refractivity contribution >= 4 is 22.4 Å². The molecule has 0 aliphatic rings.